The number of aromatic nitrogens is 2. The second-order valence-electron chi connectivity index (χ2n) is 3.41. The molecular weight excluding hydrogens is 206 g/mol. The topological polar surface area (TPSA) is 67.0 Å². The van der Waals surface area contributed by atoms with E-state index in [9.17, 15) is 4.79 Å². The predicted octanol–water partition coefficient (Wildman–Crippen LogP) is 2.30. The first-order valence-corrected chi connectivity index (χ1v) is 5.06. The van der Waals surface area contributed by atoms with Crippen LogP contribution in [0.5, 0.6) is 0 Å². The fourth-order valence-corrected chi connectivity index (χ4v) is 1.48. The van der Waals surface area contributed by atoms with E-state index in [1.54, 1.807) is 0 Å². The standard InChI is InChI=1S/C11H13N3O2/c1-3-7-4-5-8-9(6-7)13-10(12-8)14-11(15)16-2/h4-6H,3H2,1-2H3,(H2,12,13,14,15). The molecule has 0 bridgehead atoms. The lowest BCUT2D eigenvalue weighted by atomic mass is 10.1. The minimum atomic E-state index is -0.533. The molecule has 0 aliphatic heterocycles. The molecule has 0 radical (unpaired) electrons. The van der Waals surface area contributed by atoms with Gasteiger partial charge in [-0.05, 0) is 24.1 Å². The average molecular weight is 219 g/mol. The Morgan fingerprint density at radius 1 is 1.56 bits per heavy atom. The zero-order chi connectivity index (χ0) is 11.5. The van der Waals surface area contributed by atoms with Gasteiger partial charge in [0.15, 0.2) is 0 Å². The van der Waals surface area contributed by atoms with Crippen LogP contribution in [0.3, 0.4) is 0 Å². The summed E-state index contributed by atoms with van der Waals surface area (Å²) in [6, 6.07) is 5.96. The third-order valence-electron chi connectivity index (χ3n) is 2.36. The van der Waals surface area contributed by atoms with Gasteiger partial charge < -0.3 is 9.72 Å². The molecule has 0 aliphatic carbocycles. The number of anilines is 1. The number of fused-ring (bicyclic) bond motifs is 1. The minimum Gasteiger partial charge on any atom is -0.453 e. The number of hydrogen-bond acceptors (Lipinski definition) is 3. The number of aromatic amines is 1. The molecule has 1 aromatic carbocycles. The summed E-state index contributed by atoms with van der Waals surface area (Å²) in [7, 11) is 1.31. The molecular formula is C11H13N3O2. The van der Waals surface area contributed by atoms with Crippen molar-refractivity contribution in [2.24, 2.45) is 0 Å². The Bertz CT molecular complexity index is 519. The number of H-pyrrole nitrogens is 1. The van der Waals surface area contributed by atoms with Gasteiger partial charge in [-0.15, -0.1) is 0 Å². The number of imidazole rings is 1. The Morgan fingerprint density at radius 2 is 2.38 bits per heavy atom. The number of hydrogen-bond donors (Lipinski definition) is 2. The molecule has 0 unspecified atom stereocenters. The van der Waals surface area contributed by atoms with E-state index in [-0.39, 0.29) is 0 Å². The van der Waals surface area contributed by atoms with E-state index >= 15 is 0 Å². The summed E-state index contributed by atoms with van der Waals surface area (Å²) in [6.45, 7) is 2.09. The van der Waals surface area contributed by atoms with Crippen LogP contribution in [0.25, 0.3) is 11.0 Å². The van der Waals surface area contributed by atoms with Crippen molar-refractivity contribution in [2.45, 2.75) is 13.3 Å². The van der Waals surface area contributed by atoms with Crippen molar-refractivity contribution in [3.63, 3.8) is 0 Å². The first-order valence-electron chi connectivity index (χ1n) is 5.06. The van der Waals surface area contributed by atoms with E-state index in [4.69, 9.17) is 0 Å². The molecule has 5 heteroatoms. The summed E-state index contributed by atoms with van der Waals surface area (Å²) < 4.78 is 4.48. The van der Waals surface area contributed by atoms with E-state index < -0.39 is 6.09 Å². The number of aryl methyl sites for hydroxylation is 1. The average Bonchev–Trinajstić information content (AvgIpc) is 2.69. The number of benzene rings is 1. The number of rotatable bonds is 2. The third-order valence-corrected chi connectivity index (χ3v) is 2.36. The van der Waals surface area contributed by atoms with Crippen molar-refractivity contribution < 1.29 is 9.53 Å². The van der Waals surface area contributed by atoms with Gasteiger partial charge in [-0.3, -0.25) is 5.32 Å². The predicted molar refractivity (Wildman–Crippen MR) is 61.5 cm³/mol. The van der Waals surface area contributed by atoms with Crippen LogP contribution in [0.1, 0.15) is 12.5 Å². The molecule has 1 amide bonds. The van der Waals surface area contributed by atoms with Crippen molar-refractivity contribution in [1.82, 2.24) is 9.97 Å². The van der Waals surface area contributed by atoms with Gasteiger partial charge in [0.25, 0.3) is 0 Å². The van der Waals surface area contributed by atoms with Crippen LogP contribution in [0, 0.1) is 0 Å². The third kappa shape index (κ3) is 1.98. The number of methoxy groups -OCH3 is 1. The zero-order valence-electron chi connectivity index (χ0n) is 9.20. The summed E-state index contributed by atoms with van der Waals surface area (Å²) >= 11 is 0. The van der Waals surface area contributed by atoms with Gasteiger partial charge in [0.05, 0.1) is 18.1 Å². The number of ether oxygens (including phenoxy) is 1. The van der Waals surface area contributed by atoms with Crippen molar-refractivity contribution in [3.05, 3.63) is 23.8 Å². The SMILES string of the molecule is CCc1ccc2nc(NC(=O)OC)[nH]c2c1. The normalized spacial score (nSPS) is 10.4. The largest absolute Gasteiger partial charge is 0.453 e. The molecule has 84 valence electrons. The highest BCUT2D eigenvalue weighted by molar-refractivity contribution is 5.86. The molecule has 2 rings (SSSR count). The van der Waals surface area contributed by atoms with Crippen molar-refractivity contribution in [2.75, 3.05) is 12.4 Å². The number of nitrogens with zero attached hydrogens (tertiary/aromatic N) is 1. The lowest BCUT2D eigenvalue weighted by Crippen LogP contribution is -2.11. The van der Waals surface area contributed by atoms with Crippen LogP contribution in [0.2, 0.25) is 0 Å². The Hall–Kier alpha value is -2.04. The maximum absolute atomic E-state index is 11.0. The Balaban J connectivity index is 2.32. The van der Waals surface area contributed by atoms with Gasteiger partial charge in [0.2, 0.25) is 5.95 Å². The number of amides is 1. The summed E-state index contributed by atoms with van der Waals surface area (Å²) in [6.07, 6.45) is 0.434. The molecule has 0 fully saturated rings. The maximum atomic E-state index is 11.0. The summed E-state index contributed by atoms with van der Waals surface area (Å²) in [4.78, 5) is 18.2. The van der Waals surface area contributed by atoms with Gasteiger partial charge in [-0.25, -0.2) is 9.78 Å². The van der Waals surface area contributed by atoms with Crippen molar-refractivity contribution in [1.29, 1.82) is 0 Å². The van der Waals surface area contributed by atoms with E-state index in [0.29, 0.717) is 5.95 Å². The highest BCUT2D eigenvalue weighted by atomic mass is 16.5. The summed E-state index contributed by atoms with van der Waals surface area (Å²) in [5, 5.41) is 2.49. The van der Waals surface area contributed by atoms with Crippen molar-refractivity contribution >= 4 is 23.1 Å². The lowest BCUT2D eigenvalue weighted by molar-refractivity contribution is 0.186. The molecule has 0 saturated heterocycles. The number of carbonyl (C=O) groups is 1. The Kier molecular flexibility index (Phi) is 2.76. The first-order chi connectivity index (χ1) is 7.72. The second kappa shape index (κ2) is 4.22. The fraction of sp³-hybridized carbons (Fsp3) is 0.273. The molecule has 1 aromatic heterocycles. The quantitative estimate of drug-likeness (QED) is 0.814. The molecule has 5 nitrogen and oxygen atoms in total. The van der Waals surface area contributed by atoms with Crippen LogP contribution < -0.4 is 5.32 Å². The van der Waals surface area contributed by atoms with E-state index in [2.05, 4.69) is 26.9 Å². The number of carbonyl (C=O) groups excluding carboxylic acids is 1. The molecule has 1 heterocycles. The van der Waals surface area contributed by atoms with E-state index in [0.717, 1.165) is 17.5 Å². The second-order valence-corrected chi connectivity index (χ2v) is 3.41. The lowest BCUT2D eigenvalue weighted by Gasteiger charge is -1.97. The Labute approximate surface area is 92.8 Å². The van der Waals surface area contributed by atoms with Gasteiger partial charge in [-0.1, -0.05) is 13.0 Å². The zero-order valence-corrected chi connectivity index (χ0v) is 9.20. The van der Waals surface area contributed by atoms with Crippen LogP contribution in [-0.4, -0.2) is 23.2 Å². The van der Waals surface area contributed by atoms with Gasteiger partial charge in [0.1, 0.15) is 0 Å². The first kappa shape index (κ1) is 10.5. The summed E-state index contributed by atoms with van der Waals surface area (Å²) in [5.41, 5.74) is 2.95. The molecule has 0 spiro atoms. The van der Waals surface area contributed by atoms with E-state index in [1.165, 1.54) is 12.7 Å². The van der Waals surface area contributed by atoms with E-state index in [1.807, 2.05) is 18.2 Å². The number of nitrogens with one attached hydrogen (secondary N) is 2. The maximum Gasteiger partial charge on any atom is 0.413 e. The van der Waals surface area contributed by atoms with Crippen LogP contribution >= 0.6 is 0 Å². The highest BCUT2D eigenvalue weighted by Crippen LogP contribution is 2.16. The smallest absolute Gasteiger partial charge is 0.413 e. The van der Waals surface area contributed by atoms with Gasteiger partial charge in [0, 0.05) is 0 Å². The molecule has 2 aromatic rings. The molecule has 0 saturated carbocycles. The molecule has 0 aliphatic rings. The monoisotopic (exact) mass is 219 g/mol. The molecule has 16 heavy (non-hydrogen) atoms. The van der Waals surface area contributed by atoms with Gasteiger partial charge in [-0.2, -0.15) is 0 Å². The fourth-order valence-electron chi connectivity index (χ4n) is 1.48. The Morgan fingerprint density at radius 3 is 3.06 bits per heavy atom. The molecule has 0 atom stereocenters. The van der Waals surface area contributed by atoms with Crippen molar-refractivity contribution in [3.8, 4) is 0 Å². The highest BCUT2D eigenvalue weighted by Gasteiger charge is 2.06. The molecule has 2 N–H and O–H groups in total. The van der Waals surface area contributed by atoms with Gasteiger partial charge >= 0.3 is 6.09 Å². The van der Waals surface area contributed by atoms with Crippen LogP contribution in [0.4, 0.5) is 10.7 Å². The van der Waals surface area contributed by atoms with Crippen LogP contribution in [0.15, 0.2) is 18.2 Å². The minimum absolute atomic E-state index is 0.398. The van der Waals surface area contributed by atoms with Crippen LogP contribution in [-0.2, 0) is 11.2 Å². The summed E-state index contributed by atoms with van der Waals surface area (Å²) in [5.74, 6) is 0.398.